The van der Waals surface area contributed by atoms with Gasteiger partial charge >= 0.3 is 0 Å². The molecule has 0 aliphatic carbocycles. The third-order valence-corrected chi connectivity index (χ3v) is 1.48. The van der Waals surface area contributed by atoms with Crippen LogP contribution < -0.4 is 5.73 Å². The molecular weight excluding hydrogens is 138 g/mol. The molecule has 0 radical (unpaired) electrons. The van der Waals surface area contributed by atoms with E-state index in [0.717, 1.165) is 26.0 Å². The van der Waals surface area contributed by atoms with Crippen molar-refractivity contribution in [2.24, 2.45) is 5.73 Å². The highest BCUT2D eigenvalue weighted by Gasteiger charge is 1.87. The molecule has 0 aromatic heterocycles. The van der Waals surface area contributed by atoms with E-state index in [2.05, 4.69) is 6.58 Å². The van der Waals surface area contributed by atoms with Gasteiger partial charge in [-0.05, 0) is 19.4 Å². The van der Waals surface area contributed by atoms with Gasteiger partial charge in [-0.25, -0.2) is 0 Å². The van der Waals surface area contributed by atoms with Crippen molar-refractivity contribution in [1.82, 2.24) is 0 Å². The van der Waals surface area contributed by atoms with Crippen molar-refractivity contribution in [3.8, 4) is 0 Å². The maximum absolute atomic E-state index is 5.35. The van der Waals surface area contributed by atoms with Gasteiger partial charge in [-0.3, -0.25) is 0 Å². The Balaban J connectivity index is 2.74. The highest BCUT2D eigenvalue weighted by Crippen LogP contribution is 1.98. The molecule has 66 valence electrons. The number of ether oxygens (including phenoxy) is 1. The first-order valence-electron chi connectivity index (χ1n) is 4.30. The number of unbranched alkanes of at least 4 members (excludes halogenated alkanes) is 3. The lowest BCUT2D eigenvalue weighted by atomic mass is 10.2. The smallest absolute Gasteiger partial charge is 0.0644 e. The van der Waals surface area contributed by atoms with Crippen molar-refractivity contribution in [1.29, 1.82) is 0 Å². The van der Waals surface area contributed by atoms with Crippen LogP contribution in [0.3, 0.4) is 0 Å². The summed E-state index contributed by atoms with van der Waals surface area (Å²) in [6.07, 6.45) is 6.53. The van der Waals surface area contributed by atoms with Crippen LogP contribution in [0.15, 0.2) is 12.7 Å². The fourth-order valence-electron chi connectivity index (χ4n) is 0.869. The molecule has 2 nitrogen and oxygen atoms in total. The summed E-state index contributed by atoms with van der Waals surface area (Å²) in [5, 5.41) is 0. The van der Waals surface area contributed by atoms with E-state index in [-0.39, 0.29) is 0 Å². The molecule has 0 saturated carbocycles. The van der Waals surface area contributed by atoms with Crippen LogP contribution in [0.25, 0.3) is 0 Å². The molecule has 0 aromatic rings. The molecule has 0 aliphatic heterocycles. The van der Waals surface area contributed by atoms with Crippen LogP contribution in [0.2, 0.25) is 0 Å². The first-order valence-corrected chi connectivity index (χ1v) is 4.30. The second-order valence-corrected chi connectivity index (χ2v) is 2.57. The Labute approximate surface area is 69.4 Å². The average Bonchev–Trinajstić information content (AvgIpc) is 2.03. The molecule has 0 spiro atoms. The second-order valence-electron chi connectivity index (χ2n) is 2.57. The molecule has 0 unspecified atom stereocenters. The molecule has 0 aliphatic rings. The summed E-state index contributed by atoms with van der Waals surface area (Å²) in [7, 11) is 0. The molecule has 0 amide bonds. The summed E-state index contributed by atoms with van der Waals surface area (Å²) in [6.45, 7) is 5.91. The van der Waals surface area contributed by atoms with Crippen molar-refractivity contribution in [2.45, 2.75) is 25.7 Å². The standard InChI is InChI=1S/C9H19NO/c1-2-8-11-9-6-4-3-5-7-10/h2H,1,3-10H2. The first-order chi connectivity index (χ1) is 5.41. The topological polar surface area (TPSA) is 35.2 Å². The van der Waals surface area contributed by atoms with Gasteiger partial charge in [0.1, 0.15) is 0 Å². The predicted octanol–water partition coefficient (Wildman–Crippen LogP) is 1.71. The van der Waals surface area contributed by atoms with E-state index in [1.807, 2.05) is 0 Å². The Kier molecular flexibility index (Phi) is 9.36. The number of hydrogen-bond acceptors (Lipinski definition) is 2. The van der Waals surface area contributed by atoms with E-state index in [1.165, 1.54) is 12.8 Å². The van der Waals surface area contributed by atoms with Crippen LogP contribution in [-0.2, 0) is 4.74 Å². The third-order valence-electron chi connectivity index (χ3n) is 1.48. The summed E-state index contributed by atoms with van der Waals surface area (Å²) in [5.41, 5.74) is 5.35. The first kappa shape index (κ1) is 10.7. The molecule has 0 heterocycles. The number of hydrogen-bond donors (Lipinski definition) is 1. The zero-order chi connectivity index (χ0) is 8.36. The summed E-state index contributed by atoms with van der Waals surface area (Å²) in [5.74, 6) is 0. The van der Waals surface area contributed by atoms with Crippen molar-refractivity contribution in [3.05, 3.63) is 12.7 Å². The van der Waals surface area contributed by atoms with E-state index in [1.54, 1.807) is 6.08 Å². The van der Waals surface area contributed by atoms with Gasteiger partial charge in [0.05, 0.1) is 6.61 Å². The molecule has 2 N–H and O–H groups in total. The maximum Gasteiger partial charge on any atom is 0.0644 e. The fourth-order valence-corrected chi connectivity index (χ4v) is 0.869. The van der Waals surface area contributed by atoms with E-state index in [0.29, 0.717) is 6.61 Å². The van der Waals surface area contributed by atoms with Crippen molar-refractivity contribution in [2.75, 3.05) is 19.8 Å². The molecular formula is C9H19NO. The normalized spacial score (nSPS) is 9.91. The summed E-state index contributed by atoms with van der Waals surface area (Å²) in [6, 6.07) is 0. The van der Waals surface area contributed by atoms with Crippen LogP contribution in [-0.4, -0.2) is 19.8 Å². The summed E-state index contributed by atoms with van der Waals surface area (Å²) >= 11 is 0. The summed E-state index contributed by atoms with van der Waals surface area (Å²) in [4.78, 5) is 0. The molecule has 11 heavy (non-hydrogen) atoms. The Morgan fingerprint density at radius 2 is 1.91 bits per heavy atom. The van der Waals surface area contributed by atoms with Crippen molar-refractivity contribution in [3.63, 3.8) is 0 Å². The van der Waals surface area contributed by atoms with Gasteiger partial charge < -0.3 is 10.5 Å². The van der Waals surface area contributed by atoms with Crippen LogP contribution in [0.5, 0.6) is 0 Å². The molecule has 0 rings (SSSR count). The zero-order valence-electron chi connectivity index (χ0n) is 7.22. The largest absolute Gasteiger partial charge is 0.377 e. The number of nitrogens with two attached hydrogens (primary N) is 1. The van der Waals surface area contributed by atoms with E-state index >= 15 is 0 Å². The quantitative estimate of drug-likeness (QED) is 0.430. The van der Waals surface area contributed by atoms with E-state index < -0.39 is 0 Å². The van der Waals surface area contributed by atoms with Gasteiger partial charge in [0.25, 0.3) is 0 Å². The lowest BCUT2D eigenvalue weighted by Gasteiger charge is -2.00. The fraction of sp³-hybridized carbons (Fsp3) is 0.778. The van der Waals surface area contributed by atoms with Crippen LogP contribution in [0.4, 0.5) is 0 Å². The van der Waals surface area contributed by atoms with Crippen LogP contribution in [0, 0.1) is 0 Å². The Hall–Kier alpha value is -0.340. The van der Waals surface area contributed by atoms with Crippen molar-refractivity contribution >= 4 is 0 Å². The van der Waals surface area contributed by atoms with E-state index in [4.69, 9.17) is 10.5 Å². The average molecular weight is 157 g/mol. The van der Waals surface area contributed by atoms with Gasteiger partial charge in [-0.1, -0.05) is 18.9 Å². The minimum atomic E-state index is 0.677. The second kappa shape index (κ2) is 9.66. The Bertz CT molecular complexity index is 83.6. The molecule has 0 fully saturated rings. The minimum absolute atomic E-state index is 0.677. The van der Waals surface area contributed by atoms with Gasteiger partial charge in [-0.15, -0.1) is 6.58 Å². The number of rotatable bonds is 8. The van der Waals surface area contributed by atoms with E-state index in [9.17, 15) is 0 Å². The Morgan fingerprint density at radius 1 is 1.18 bits per heavy atom. The summed E-state index contributed by atoms with van der Waals surface area (Å²) < 4.78 is 5.21. The molecule has 0 aromatic carbocycles. The molecule has 2 heteroatoms. The highest BCUT2D eigenvalue weighted by molar-refractivity contribution is 4.63. The van der Waals surface area contributed by atoms with Crippen molar-refractivity contribution < 1.29 is 4.74 Å². The van der Waals surface area contributed by atoms with Gasteiger partial charge in [0.2, 0.25) is 0 Å². The lowest BCUT2D eigenvalue weighted by molar-refractivity contribution is 0.157. The lowest BCUT2D eigenvalue weighted by Crippen LogP contribution is -1.99. The molecule has 0 bridgehead atoms. The minimum Gasteiger partial charge on any atom is -0.377 e. The van der Waals surface area contributed by atoms with Gasteiger partial charge in [0.15, 0.2) is 0 Å². The zero-order valence-corrected chi connectivity index (χ0v) is 7.22. The maximum atomic E-state index is 5.35. The molecule has 0 saturated heterocycles. The van der Waals surface area contributed by atoms with Crippen LogP contribution >= 0.6 is 0 Å². The Morgan fingerprint density at radius 3 is 2.55 bits per heavy atom. The highest BCUT2D eigenvalue weighted by atomic mass is 16.5. The third kappa shape index (κ3) is 9.66. The van der Waals surface area contributed by atoms with Gasteiger partial charge in [0, 0.05) is 6.61 Å². The molecule has 0 atom stereocenters. The van der Waals surface area contributed by atoms with Crippen LogP contribution in [0.1, 0.15) is 25.7 Å². The predicted molar refractivity (Wildman–Crippen MR) is 48.5 cm³/mol. The monoisotopic (exact) mass is 157 g/mol. The SMILES string of the molecule is C=CCOCCCCCCN. The van der Waals surface area contributed by atoms with Gasteiger partial charge in [-0.2, -0.15) is 0 Å².